The van der Waals surface area contributed by atoms with Crippen LogP contribution in [0.15, 0.2) is 12.3 Å². The standard InChI is InChI=1S/C13H20N4/c1-9(2)6-12-16-11-7-10(3)8-15-13(11)17(12)5-4-14/h7-9H,4-6,14H2,1-3H3. The molecule has 2 heterocycles. The topological polar surface area (TPSA) is 56.7 Å². The molecule has 0 aliphatic carbocycles. The largest absolute Gasteiger partial charge is 0.329 e. The molecule has 4 nitrogen and oxygen atoms in total. The molecule has 92 valence electrons. The summed E-state index contributed by atoms with van der Waals surface area (Å²) in [5.41, 5.74) is 8.74. The first kappa shape index (κ1) is 12.0. The van der Waals surface area contributed by atoms with Crippen molar-refractivity contribution in [3.63, 3.8) is 0 Å². The fourth-order valence-corrected chi connectivity index (χ4v) is 2.04. The minimum atomic E-state index is 0.587. The molecule has 0 saturated heterocycles. The van der Waals surface area contributed by atoms with Crippen molar-refractivity contribution in [1.82, 2.24) is 14.5 Å². The van der Waals surface area contributed by atoms with Crippen molar-refractivity contribution in [2.45, 2.75) is 33.7 Å². The van der Waals surface area contributed by atoms with Gasteiger partial charge in [0.1, 0.15) is 11.3 Å². The van der Waals surface area contributed by atoms with E-state index in [0.717, 1.165) is 35.5 Å². The van der Waals surface area contributed by atoms with Crippen molar-refractivity contribution in [2.24, 2.45) is 11.7 Å². The number of hydrogen-bond acceptors (Lipinski definition) is 3. The Labute approximate surface area is 102 Å². The maximum atomic E-state index is 5.66. The number of rotatable bonds is 4. The fourth-order valence-electron chi connectivity index (χ4n) is 2.04. The number of nitrogens with zero attached hydrogens (tertiary/aromatic N) is 3. The molecule has 0 aliphatic rings. The Morgan fingerprint density at radius 2 is 2.18 bits per heavy atom. The van der Waals surface area contributed by atoms with Crippen LogP contribution in [0, 0.1) is 12.8 Å². The van der Waals surface area contributed by atoms with Crippen LogP contribution in [0.4, 0.5) is 0 Å². The van der Waals surface area contributed by atoms with E-state index in [1.54, 1.807) is 0 Å². The van der Waals surface area contributed by atoms with Crippen molar-refractivity contribution < 1.29 is 0 Å². The zero-order valence-corrected chi connectivity index (χ0v) is 10.8. The first-order valence-corrected chi connectivity index (χ1v) is 6.13. The summed E-state index contributed by atoms with van der Waals surface area (Å²) in [5.74, 6) is 1.68. The van der Waals surface area contributed by atoms with E-state index in [1.807, 2.05) is 13.1 Å². The van der Waals surface area contributed by atoms with E-state index in [1.165, 1.54) is 0 Å². The summed E-state index contributed by atoms with van der Waals surface area (Å²) in [6.07, 6.45) is 2.85. The van der Waals surface area contributed by atoms with Crippen LogP contribution in [0.1, 0.15) is 25.2 Å². The van der Waals surface area contributed by atoms with Gasteiger partial charge in [0.25, 0.3) is 0 Å². The highest BCUT2D eigenvalue weighted by Gasteiger charge is 2.12. The molecule has 0 fully saturated rings. The molecule has 0 atom stereocenters. The summed E-state index contributed by atoms with van der Waals surface area (Å²) in [6, 6.07) is 2.08. The van der Waals surface area contributed by atoms with Gasteiger partial charge in [-0.15, -0.1) is 0 Å². The molecule has 0 spiro atoms. The number of aromatic nitrogens is 3. The van der Waals surface area contributed by atoms with Gasteiger partial charge in [-0.05, 0) is 24.5 Å². The Kier molecular flexibility index (Phi) is 3.43. The third-order valence-corrected chi connectivity index (χ3v) is 2.74. The average Bonchev–Trinajstić information content (AvgIpc) is 2.55. The lowest BCUT2D eigenvalue weighted by Gasteiger charge is -2.08. The maximum absolute atomic E-state index is 5.66. The summed E-state index contributed by atoms with van der Waals surface area (Å²) in [4.78, 5) is 9.15. The van der Waals surface area contributed by atoms with E-state index in [2.05, 4.69) is 34.4 Å². The number of imidazole rings is 1. The predicted molar refractivity (Wildman–Crippen MR) is 69.9 cm³/mol. The lowest BCUT2D eigenvalue weighted by Crippen LogP contribution is -2.14. The monoisotopic (exact) mass is 232 g/mol. The van der Waals surface area contributed by atoms with E-state index in [4.69, 9.17) is 5.73 Å². The second kappa shape index (κ2) is 4.84. The summed E-state index contributed by atoms with van der Waals surface area (Å²) in [7, 11) is 0. The minimum Gasteiger partial charge on any atom is -0.329 e. The third-order valence-electron chi connectivity index (χ3n) is 2.74. The van der Waals surface area contributed by atoms with Gasteiger partial charge in [0, 0.05) is 25.7 Å². The third kappa shape index (κ3) is 2.47. The van der Waals surface area contributed by atoms with Gasteiger partial charge in [-0.3, -0.25) is 0 Å². The highest BCUT2D eigenvalue weighted by atomic mass is 15.1. The van der Waals surface area contributed by atoms with Gasteiger partial charge < -0.3 is 10.3 Å². The Bertz CT molecular complexity index is 513. The van der Waals surface area contributed by atoms with E-state index in [9.17, 15) is 0 Å². The molecule has 0 unspecified atom stereocenters. The van der Waals surface area contributed by atoms with Gasteiger partial charge in [-0.1, -0.05) is 13.8 Å². The SMILES string of the molecule is Cc1cnc2c(c1)nc(CC(C)C)n2CCN. The smallest absolute Gasteiger partial charge is 0.160 e. The van der Waals surface area contributed by atoms with Gasteiger partial charge in [-0.2, -0.15) is 0 Å². The number of nitrogens with two attached hydrogens (primary N) is 1. The van der Waals surface area contributed by atoms with Crippen LogP contribution in [-0.2, 0) is 13.0 Å². The van der Waals surface area contributed by atoms with Crippen molar-refractivity contribution in [2.75, 3.05) is 6.54 Å². The number of aryl methyl sites for hydroxylation is 1. The van der Waals surface area contributed by atoms with Crippen molar-refractivity contribution in [1.29, 1.82) is 0 Å². The Morgan fingerprint density at radius 3 is 2.82 bits per heavy atom. The van der Waals surface area contributed by atoms with Crippen LogP contribution >= 0.6 is 0 Å². The molecule has 0 radical (unpaired) electrons. The quantitative estimate of drug-likeness (QED) is 0.876. The van der Waals surface area contributed by atoms with E-state index < -0.39 is 0 Å². The van der Waals surface area contributed by atoms with Crippen molar-refractivity contribution >= 4 is 11.2 Å². The first-order chi connectivity index (χ1) is 8.11. The summed E-state index contributed by atoms with van der Waals surface area (Å²) < 4.78 is 2.15. The summed E-state index contributed by atoms with van der Waals surface area (Å²) in [6.45, 7) is 7.84. The van der Waals surface area contributed by atoms with Crippen molar-refractivity contribution in [3.8, 4) is 0 Å². The molecule has 2 rings (SSSR count). The van der Waals surface area contributed by atoms with Gasteiger partial charge in [0.05, 0.1) is 0 Å². The van der Waals surface area contributed by atoms with Crippen LogP contribution < -0.4 is 5.73 Å². The molecule has 2 aromatic heterocycles. The molecular formula is C13H20N4. The molecule has 17 heavy (non-hydrogen) atoms. The van der Waals surface area contributed by atoms with E-state index >= 15 is 0 Å². The lowest BCUT2D eigenvalue weighted by molar-refractivity contribution is 0.580. The lowest BCUT2D eigenvalue weighted by atomic mass is 10.1. The second-order valence-corrected chi connectivity index (χ2v) is 4.92. The molecule has 0 bridgehead atoms. The normalized spacial score (nSPS) is 11.6. The van der Waals surface area contributed by atoms with Crippen LogP contribution in [0.25, 0.3) is 11.2 Å². The van der Waals surface area contributed by atoms with E-state index in [-0.39, 0.29) is 0 Å². The zero-order valence-electron chi connectivity index (χ0n) is 10.8. The van der Waals surface area contributed by atoms with Crippen LogP contribution in [0.5, 0.6) is 0 Å². The summed E-state index contributed by atoms with van der Waals surface area (Å²) in [5, 5.41) is 0. The van der Waals surface area contributed by atoms with Gasteiger partial charge in [0.2, 0.25) is 0 Å². The second-order valence-electron chi connectivity index (χ2n) is 4.92. The zero-order chi connectivity index (χ0) is 12.4. The number of hydrogen-bond donors (Lipinski definition) is 1. The first-order valence-electron chi connectivity index (χ1n) is 6.13. The Morgan fingerprint density at radius 1 is 1.41 bits per heavy atom. The van der Waals surface area contributed by atoms with Gasteiger partial charge >= 0.3 is 0 Å². The maximum Gasteiger partial charge on any atom is 0.160 e. The molecule has 2 aromatic rings. The molecule has 0 aromatic carbocycles. The highest BCUT2D eigenvalue weighted by molar-refractivity contribution is 5.72. The molecule has 2 N–H and O–H groups in total. The minimum absolute atomic E-state index is 0.587. The highest BCUT2D eigenvalue weighted by Crippen LogP contribution is 2.17. The molecule has 0 amide bonds. The van der Waals surface area contributed by atoms with Gasteiger partial charge in [-0.25, -0.2) is 9.97 Å². The fraction of sp³-hybridized carbons (Fsp3) is 0.538. The average molecular weight is 232 g/mol. The van der Waals surface area contributed by atoms with E-state index in [0.29, 0.717) is 12.5 Å². The molecule has 0 saturated carbocycles. The number of fused-ring (bicyclic) bond motifs is 1. The van der Waals surface area contributed by atoms with Gasteiger partial charge in [0.15, 0.2) is 5.65 Å². The van der Waals surface area contributed by atoms with Crippen LogP contribution in [0.2, 0.25) is 0 Å². The Balaban J connectivity index is 2.53. The molecular weight excluding hydrogens is 212 g/mol. The Hall–Kier alpha value is -1.42. The van der Waals surface area contributed by atoms with Crippen LogP contribution in [-0.4, -0.2) is 21.1 Å². The summed E-state index contributed by atoms with van der Waals surface area (Å²) >= 11 is 0. The number of pyridine rings is 1. The molecule has 4 heteroatoms. The van der Waals surface area contributed by atoms with Crippen LogP contribution in [0.3, 0.4) is 0 Å². The predicted octanol–water partition coefficient (Wildman–Crippen LogP) is 1.90. The van der Waals surface area contributed by atoms with Crippen molar-refractivity contribution in [3.05, 3.63) is 23.7 Å². The molecule has 0 aliphatic heterocycles.